The van der Waals surface area contributed by atoms with Gasteiger partial charge in [0.15, 0.2) is 0 Å². The van der Waals surface area contributed by atoms with E-state index in [4.69, 9.17) is 4.42 Å². The minimum absolute atomic E-state index is 0.351. The molecule has 0 saturated carbocycles. The third-order valence-electron chi connectivity index (χ3n) is 4.60. The molecule has 0 bridgehead atoms. The molecule has 0 fully saturated rings. The smallest absolute Gasteiger partial charge is 0.336 e. The summed E-state index contributed by atoms with van der Waals surface area (Å²) in [6.07, 6.45) is 0. The van der Waals surface area contributed by atoms with Crippen LogP contribution >= 0.6 is 0 Å². The lowest BCUT2D eigenvalue weighted by Crippen LogP contribution is -2.08. The topological polar surface area (TPSA) is 73.8 Å². The number of benzene rings is 2. The van der Waals surface area contributed by atoms with E-state index in [1.54, 1.807) is 0 Å². The van der Waals surface area contributed by atoms with Crippen molar-refractivity contribution in [3.05, 3.63) is 75.1 Å². The van der Waals surface area contributed by atoms with E-state index in [-0.39, 0.29) is 5.63 Å². The van der Waals surface area contributed by atoms with Crippen LogP contribution in [0.3, 0.4) is 0 Å². The number of tetrazole rings is 1. The standard InChI is InChI=1S/C20H18N4O2/c1-12-6-4-5-7-16(12)20-21-23-24(22-20)11-15-10-19(25)26-18-9-14(3)13(2)8-17(15)18/h4-10H,11H2,1-3H3. The van der Waals surface area contributed by atoms with Gasteiger partial charge in [0, 0.05) is 17.0 Å². The maximum atomic E-state index is 11.9. The summed E-state index contributed by atoms with van der Waals surface area (Å²) in [5, 5.41) is 13.7. The van der Waals surface area contributed by atoms with Gasteiger partial charge >= 0.3 is 5.63 Å². The number of hydrogen-bond acceptors (Lipinski definition) is 5. The van der Waals surface area contributed by atoms with Crippen molar-refractivity contribution in [1.82, 2.24) is 20.2 Å². The summed E-state index contributed by atoms with van der Waals surface area (Å²) in [6.45, 7) is 6.39. The predicted molar refractivity (Wildman–Crippen MR) is 99.1 cm³/mol. The molecule has 0 saturated heterocycles. The number of fused-ring (bicyclic) bond motifs is 1. The Hall–Kier alpha value is -3.28. The van der Waals surface area contributed by atoms with Crippen LogP contribution in [0.5, 0.6) is 0 Å². The first kappa shape index (κ1) is 16.2. The molecule has 2 aromatic heterocycles. The van der Waals surface area contributed by atoms with Gasteiger partial charge in [-0.25, -0.2) is 4.79 Å². The van der Waals surface area contributed by atoms with Gasteiger partial charge in [-0.05, 0) is 60.4 Å². The second kappa shape index (κ2) is 6.22. The molecular formula is C20H18N4O2. The third kappa shape index (κ3) is 2.90. The maximum Gasteiger partial charge on any atom is 0.336 e. The zero-order valence-corrected chi connectivity index (χ0v) is 14.9. The largest absolute Gasteiger partial charge is 0.423 e. The summed E-state index contributed by atoms with van der Waals surface area (Å²) in [4.78, 5) is 13.4. The fourth-order valence-electron chi connectivity index (χ4n) is 3.01. The van der Waals surface area contributed by atoms with E-state index < -0.39 is 0 Å². The molecule has 4 aromatic rings. The zero-order chi connectivity index (χ0) is 18.3. The van der Waals surface area contributed by atoms with Crippen LogP contribution in [0.25, 0.3) is 22.4 Å². The fourth-order valence-corrected chi connectivity index (χ4v) is 3.01. The summed E-state index contributed by atoms with van der Waals surface area (Å²) < 4.78 is 5.34. The van der Waals surface area contributed by atoms with Gasteiger partial charge in [-0.15, -0.1) is 10.2 Å². The molecule has 0 aliphatic rings. The Kier molecular flexibility index (Phi) is 3.88. The number of aromatic nitrogens is 4. The van der Waals surface area contributed by atoms with Gasteiger partial charge in [0.2, 0.25) is 5.82 Å². The van der Waals surface area contributed by atoms with Crippen LogP contribution in [0.15, 0.2) is 51.7 Å². The van der Waals surface area contributed by atoms with Crippen LogP contribution in [0, 0.1) is 20.8 Å². The van der Waals surface area contributed by atoms with E-state index >= 15 is 0 Å². The molecule has 0 N–H and O–H groups in total. The minimum Gasteiger partial charge on any atom is -0.423 e. The van der Waals surface area contributed by atoms with Crippen LogP contribution < -0.4 is 5.63 Å². The Bertz CT molecular complexity index is 1170. The fraction of sp³-hybridized carbons (Fsp3) is 0.200. The predicted octanol–water partition coefficient (Wildman–Crippen LogP) is 3.42. The van der Waals surface area contributed by atoms with Crippen LogP contribution in [-0.2, 0) is 6.54 Å². The van der Waals surface area contributed by atoms with E-state index in [0.29, 0.717) is 18.0 Å². The second-order valence-corrected chi connectivity index (χ2v) is 6.48. The van der Waals surface area contributed by atoms with E-state index in [9.17, 15) is 4.79 Å². The highest BCUT2D eigenvalue weighted by atomic mass is 16.4. The Morgan fingerprint density at radius 3 is 2.58 bits per heavy atom. The van der Waals surface area contributed by atoms with E-state index in [2.05, 4.69) is 15.4 Å². The Morgan fingerprint density at radius 2 is 1.77 bits per heavy atom. The van der Waals surface area contributed by atoms with Crippen molar-refractivity contribution in [1.29, 1.82) is 0 Å². The van der Waals surface area contributed by atoms with Gasteiger partial charge in [-0.1, -0.05) is 24.3 Å². The highest BCUT2D eigenvalue weighted by Gasteiger charge is 2.12. The molecule has 0 radical (unpaired) electrons. The molecular weight excluding hydrogens is 328 g/mol. The number of hydrogen-bond donors (Lipinski definition) is 0. The van der Waals surface area contributed by atoms with Gasteiger partial charge in [0.05, 0.1) is 6.54 Å². The lowest BCUT2D eigenvalue weighted by Gasteiger charge is -2.07. The van der Waals surface area contributed by atoms with Crippen molar-refractivity contribution in [2.75, 3.05) is 0 Å². The molecule has 0 aliphatic heterocycles. The molecule has 4 rings (SSSR count). The molecule has 0 amide bonds. The van der Waals surface area contributed by atoms with Crippen molar-refractivity contribution in [3.8, 4) is 11.4 Å². The SMILES string of the molecule is Cc1cc2oc(=O)cc(Cn3nnc(-c4ccccc4C)n3)c2cc1C. The van der Waals surface area contributed by atoms with Crippen molar-refractivity contribution in [2.24, 2.45) is 0 Å². The molecule has 0 atom stereocenters. The van der Waals surface area contributed by atoms with E-state index in [0.717, 1.165) is 33.2 Å². The molecule has 6 nitrogen and oxygen atoms in total. The van der Waals surface area contributed by atoms with Crippen molar-refractivity contribution in [2.45, 2.75) is 27.3 Å². The van der Waals surface area contributed by atoms with Crippen LogP contribution in [0.1, 0.15) is 22.3 Å². The Morgan fingerprint density at radius 1 is 1.00 bits per heavy atom. The highest BCUT2D eigenvalue weighted by molar-refractivity contribution is 5.81. The first-order valence-electron chi connectivity index (χ1n) is 8.39. The summed E-state index contributed by atoms with van der Waals surface area (Å²) in [7, 11) is 0. The number of aryl methyl sites for hydroxylation is 3. The van der Waals surface area contributed by atoms with Crippen LogP contribution in [0.2, 0.25) is 0 Å². The Balaban J connectivity index is 1.76. The van der Waals surface area contributed by atoms with Crippen LogP contribution in [-0.4, -0.2) is 20.2 Å². The summed E-state index contributed by atoms with van der Waals surface area (Å²) in [6, 6.07) is 13.3. The highest BCUT2D eigenvalue weighted by Crippen LogP contribution is 2.22. The molecule has 2 aromatic carbocycles. The lowest BCUT2D eigenvalue weighted by atomic mass is 10.0. The summed E-state index contributed by atoms with van der Waals surface area (Å²) in [5.74, 6) is 0.572. The molecule has 0 spiro atoms. The maximum absolute atomic E-state index is 11.9. The summed E-state index contributed by atoms with van der Waals surface area (Å²) >= 11 is 0. The average molecular weight is 346 g/mol. The monoisotopic (exact) mass is 346 g/mol. The Labute approximate surface area is 150 Å². The number of nitrogens with zero attached hydrogens (tertiary/aromatic N) is 4. The van der Waals surface area contributed by atoms with E-state index in [1.807, 2.05) is 57.2 Å². The van der Waals surface area contributed by atoms with Gasteiger partial charge in [-0.2, -0.15) is 4.80 Å². The average Bonchev–Trinajstić information content (AvgIpc) is 3.05. The summed E-state index contributed by atoms with van der Waals surface area (Å²) in [5.41, 5.74) is 5.27. The molecule has 130 valence electrons. The van der Waals surface area contributed by atoms with Gasteiger partial charge in [-0.3, -0.25) is 0 Å². The second-order valence-electron chi connectivity index (χ2n) is 6.48. The molecule has 0 aliphatic carbocycles. The number of rotatable bonds is 3. The zero-order valence-electron chi connectivity index (χ0n) is 14.9. The molecule has 2 heterocycles. The van der Waals surface area contributed by atoms with Crippen molar-refractivity contribution in [3.63, 3.8) is 0 Å². The lowest BCUT2D eigenvalue weighted by molar-refractivity contribution is 0.545. The first-order chi connectivity index (χ1) is 12.5. The molecule has 6 heteroatoms. The van der Waals surface area contributed by atoms with Crippen LogP contribution in [0.4, 0.5) is 0 Å². The van der Waals surface area contributed by atoms with Crippen molar-refractivity contribution < 1.29 is 4.42 Å². The quantitative estimate of drug-likeness (QED) is 0.531. The third-order valence-corrected chi connectivity index (χ3v) is 4.60. The molecule has 26 heavy (non-hydrogen) atoms. The normalized spacial score (nSPS) is 11.2. The van der Waals surface area contributed by atoms with E-state index in [1.165, 1.54) is 10.9 Å². The van der Waals surface area contributed by atoms with Gasteiger partial charge in [0.1, 0.15) is 5.58 Å². The first-order valence-corrected chi connectivity index (χ1v) is 8.39. The van der Waals surface area contributed by atoms with Crippen molar-refractivity contribution >= 4 is 11.0 Å². The van der Waals surface area contributed by atoms with Gasteiger partial charge < -0.3 is 4.42 Å². The van der Waals surface area contributed by atoms with Gasteiger partial charge in [0.25, 0.3) is 0 Å². The molecule has 0 unspecified atom stereocenters. The minimum atomic E-state index is -0.380.